The van der Waals surface area contributed by atoms with Gasteiger partial charge in [-0.3, -0.25) is 4.79 Å². The Hall–Kier alpha value is -1.96. The number of benzene rings is 1. The molecule has 0 spiro atoms. The van der Waals surface area contributed by atoms with E-state index in [-0.39, 0.29) is 28.6 Å². The maximum Gasteiger partial charge on any atom is 0 e. The van der Waals surface area contributed by atoms with Crippen LogP contribution >= 0.6 is 0 Å². The fraction of sp³-hybridized carbons (Fsp3) is 0.0667. The molecule has 0 heterocycles. The minimum Gasteiger partial charge on any atom is -0.214 e. The first-order valence-corrected chi connectivity index (χ1v) is 5.07. The molecule has 2 rings (SSSR count). The van der Waals surface area contributed by atoms with Crippen LogP contribution in [0.5, 0.6) is 5.75 Å². The summed E-state index contributed by atoms with van der Waals surface area (Å²) in [6.45, 7) is 10.5. The number of aromatic hydroxyl groups is 1. The predicted molar refractivity (Wildman–Crippen MR) is 68.0 cm³/mol. The molecule has 0 saturated heterocycles. The second kappa shape index (κ2) is 17.0. The minimum absolute atomic E-state index is 0. The summed E-state index contributed by atoms with van der Waals surface area (Å²) in [5, 5.41) is 8.91. The molecule has 0 aromatic heterocycles. The number of carbonyl (C=O) groups is 1. The van der Waals surface area contributed by atoms with Gasteiger partial charge >= 0.3 is 22.6 Å². The number of ketones is 1. The molecule has 1 N–H and O–H groups in total. The summed E-state index contributed by atoms with van der Waals surface area (Å²) in [7, 11) is 0. The van der Waals surface area contributed by atoms with Gasteiger partial charge in [-0.2, -0.15) is 18.2 Å². The van der Waals surface area contributed by atoms with Crippen LogP contribution in [-0.4, -0.2) is 10.9 Å². The van der Waals surface area contributed by atoms with Gasteiger partial charge in [-0.15, -0.1) is 0 Å². The molecule has 0 unspecified atom stereocenters. The molecule has 5 heteroatoms. The second-order valence-electron chi connectivity index (χ2n) is 3.07. The molecular formula is C15H13FeO4-. The minimum atomic E-state index is -0.0316. The van der Waals surface area contributed by atoms with E-state index in [1.165, 1.54) is 19.1 Å². The number of phenolic OH excluding ortho intramolecular Hbond substituents is 1. The Balaban J connectivity index is -0.000000246. The van der Waals surface area contributed by atoms with E-state index in [1.807, 2.05) is 30.3 Å². The zero-order valence-electron chi connectivity index (χ0n) is 10.7. The first-order chi connectivity index (χ1) is 9.20. The quantitative estimate of drug-likeness (QED) is 0.380. The van der Waals surface area contributed by atoms with Gasteiger partial charge in [-0.1, -0.05) is 12.1 Å². The standard InChI is InChI=1S/C8H8O2.C5H5.2CO.Fe/c1-6(9)7-3-2-4-8(10)5-7;1-2-4-5-3-1;2*1-2;/h2-5,10H,1H3;1-5H;;;/q;-1;;;. The van der Waals surface area contributed by atoms with Crippen molar-refractivity contribution in [1.82, 2.24) is 0 Å². The van der Waals surface area contributed by atoms with Crippen LogP contribution in [0, 0.1) is 13.3 Å². The van der Waals surface area contributed by atoms with E-state index in [4.69, 9.17) is 14.4 Å². The topological polar surface area (TPSA) is 77.1 Å². The van der Waals surface area contributed by atoms with Crippen molar-refractivity contribution in [3.63, 3.8) is 0 Å². The summed E-state index contributed by atoms with van der Waals surface area (Å²) in [4.78, 5) is 10.7. The van der Waals surface area contributed by atoms with Crippen LogP contribution in [0.25, 0.3) is 0 Å². The Morgan fingerprint density at radius 2 is 1.60 bits per heavy atom. The summed E-state index contributed by atoms with van der Waals surface area (Å²) >= 11 is 0. The van der Waals surface area contributed by atoms with Crippen LogP contribution in [0.2, 0.25) is 0 Å². The Kier molecular flexibility index (Phi) is 19.7. The van der Waals surface area contributed by atoms with E-state index < -0.39 is 0 Å². The van der Waals surface area contributed by atoms with E-state index in [9.17, 15) is 4.79 Å². The Labute approximate surface area is 128 Å². The third-order valence-electron chi connectivity index (χ3n) is 1.81. The van der Waals surface area contributed by atoms with E-state index >= 15 is 0 Å². The number of hydrogen-bond donors (Lipinski definition) is 1. The largest absolute Gasteiger partial charge is 0.214 e. The van der Waals surface area contributed by atoms with E-state index in [0.717, 1.165) is 0 Å². The van der Waals surface area contributed by atoms with Crippen molar-refractivity contribution in [3.8, 4) is 5.75 Å². The van der Waals surface area contributed by atoms with E-state index in [0.29, 0.717) is 5.56 Å². The molecule has 0 radical (unpaired) electrons. The van der Waals surface area contributed by atoms with Crippen molar-refractivity contribution in [2.45, 2.75) is 6.92 Å². The molecular weight excluding hydrogens is 300 g/mol. The zero-order valence-corrected chi connectivity index (χ0v) is 11.8. The van der Waals surface area contributed by atoms with Crippen LogP contribution < -0.4 is 0 Å². The molecule has 4 nitrogen and oxygen atoms in total. The van der Waals surface area contributed by atoms with Gasteiger partial charge in [-0.25, -0.2) is 12.1 Å². The van der Waals surface area contributed by atoms with Crippen molar-refractivity contribution < 1.29 is 36.3 Å². The third-order valence-corrected chi connectivity index (χ3v) is 1.81. The van der Waals surface area contributed by atoms with Crippen molar-refractivity contribution in [3.05, 3.63) is 73.5 Å². The van der Waals surface area contributed by atoms with Gasteiger partial charge in [0, 0.05) is 22.6 Å². The number of carbonyl (C=O) groups excluding carboxylic acids is 1. The molecule has 0 aliphatic carbocycles. The summed E-state index contributed by atoms with van der Waals surface area (Å²) < 4.78 is 15.0. The summed E-state index contributed by atoms with van der Waals surface area (Å²) in [5.74, 6) is 0.101. The van der Waals surface area contributed by atoms with Gasteiger partial charge in [0.15, 0.2) is 5.78 Å². The number of rotatable bonds is 1. The molecule has 106 valence electrons. The average molecular weight is 313 g/mol. The molecule has 2 aromatic carbocycles. The van der Waals surface area contributed by atoms with Crippen LogP contribution in [0.3, 0.4) is 0 Å². The van der Waals surface area contributed by atoms with Crippen molar-refractivity contribution in [2.75, 3.05) is 0 Å². The van der Waals surface area contributed by atoms with Gasteiger partial charge in [0.2, 0.25) is 0 Å². The smallest absolute Gasteiger partial charge is 0 e. The number of hydrogen-bond acceptors (Lipinski definition) is 2. The molecule has 2 aromatic rings. The van der Waals surface area contributed by atoms with Gasteiger partial charge in [0.05, 0.1) is 0 Å². The van der Waals surface area contributed by atoms with Gasteiger partial charge in [0.25, 0.3) is 0 Å². The molecule has 20 heavy (non-hydrogen) atoms. The SMILES string of the molecule is CC(=O)c1cccc(O)c1.[C-]#[O+].[C-]#[O+].[Fe].c1cc[cH-]c1. The van der Waals surface area contributed by atoms with Gasteiger partial charge < -0.3 is 5.11 Å². The first kappa shape index (κ1) is 23.2. The third kappa shape index (κ3) is 12.5. The van der Waals surface area contributed by atoms with Crippen LogP contribution in [0.4, 0.5) is 0 Å². The summed E-state index contributed by atoms with van der Waals surface area (Å²) in [5.41, 5.74) is 0.542. The molecule has 0 amide bonds. The molecule has 0 fully saturated rings. The maximum absolute atomic E-state index is 10.7. The molecule has 0 atom stereocenters. The van der Waals surface area contributed by atoms with Crippen molar-refractivity contribution in [2.24, 2.45) is 0 Å². The summed E-state index contributed by atoms with van der Waals surface area (Å²) in [6, 6.07) is 16.3. The van der Waals surface area contributed by atoms with E-state index in [1.54, 1.807) is 12.1 Å². The number of phenols is 1. The fourth-order valence-electron chi connectivity index (χ4n) is 1.05. The Morgan fingerprint density at radius 3 is 1.85 bits per heavy atom. The maximum atomic E-state index is 10.7. The van der Waals surface area contributed by atoms with Crippen molar-refractivity contribution in [1.29, 1.82) is 0 Å². The van der Waals surface area contributed by atoms with Crippen molar-refractivity contribution >= 4 is 5.78 Å². The number of Topliss-reactive ketones (excluding diaryl/α,β-unsaturated/α-hetero) is 1. The predicted octanol–water partition coefficient (Wildman–Crippen LogP) is 2.92. The molecule has 0 aliphatic heterocycles. The normalized spacial score (nSPS) is 6.85. The van der Waals surface area contributed by atoms with Crippen LogP contribution in [0.1, 0.15) is 17.3 Å². The molecule has 0 bridgehead atoms. The monoisotopic (exact) mass is 313 g/mol. The summed E-state index contributed by atoms with van der Waals surface area (Å²) in [6.07, 6.45) is 0. The van der Waals surface area contributed by atoms with Crippen LogP contribution in [0.15, 0.2) is 54.6 Å². The Morgan fingerprint density at radius 1 is 1.10 bits per heavy atom. The van der Waals surface area contributed by atoms with Crippen LogP contribution in [-0.2, 0) is 26.4 Å². The van der Waals surface area contributed by atoms with E-state index in [2.05, 4.69) is 13.3 Å². The second-order valence-corrected chi connectivity index (χ2v) is 3.07. The van der Waals surface area contributed by atoms with Gasteiger partial charge in [0.1, 0.15) is 5.75 Å². The first-order valence-electron chi connectivity index (χ1n) is 5.07. The zero-order chi connectivity index (χ0) is 15.1. The van der Waals surface area contributed by atoms with Gasteiger partial charge in [-0.05, 0) is 19.1 Å². The Bertz CT molecular complexity index is 464. The molecule has 0 saturated carbocycles. The molecule has 0 aliphatic rings. The fourth-order valence-corrected chi connectivity index (χ4v) is 1.05. The average Bonchev–Trinajstić information content (AvgIpc) is 3.02.